The molecule has 2 saturated carbocycles. The number of hydrogen-bond donors (Lipinski definition) is 1. The van der Waals surface area contributed by atoms with E-state index in [-0.39, 0.29) is 29.8 Å². The van der Waals surface area contributed by atoms with Gasteiger partial charge < -0.3 is 19.0 Å². The van der Waals surface area contributed by atoms with Crippen LogP contribution in [0.1, 0.15) is 90.1 Å². The van der Waals surface area contributed by atoms with Crippen LogP contribution in [0.5, 0.6) is 0 Å². The fourth-order valence-corrected chi connectivity index (χ4v) is 7.02. The van der Waals surface area contributed by atoms with E-state index in [4.69, 9.17) is 13.9 Å². The van der Waals surface area contributed by atoms with Gasteiger partial charge >= 0.3 is 11.9 Å². The maximum absolute atomic E-state index is 12.8. The molecule has 0 aliphatic heterocycles. The molecule has 3 rings (SSSR count). The zero-order chi connectivity index (χ0) is 25.1. The maximum Gasteiger partial charge on any atom is 0.312 e. The van der Waals surface area contributed by atoms with Crippen molar-refractivity contribution in [3.63, 3.8) is 0 Å². The van der Waals surface area contributed by atoms with Crippen molar-refractivity contribution in [1.82, 2.24) is 0 Å². The SMILES string of the molecule is C=C1CC[C@@H]2[C@](C)(CCC[C@]2(C)C(=O)OC)[C@H]1CCc1ccoc1C(O)C(CC)C(=O)OCC. The van der Waals surface area contributed by atoms with Gasteiger partial charge in [0.05, 0.1) is 31.3 Å². The Kier molecular flexibility index (Phi) is 8.33. The van der Waals surface area contributed by atoms with Crippen molar-refractivity contribution < 1.29 is 28.6 Å². The number of fused-ring (bicyclic) bond motifs is 1. The lowest BCUT2D eigenvalue weighted by Gasteiger charge is -2.57. The lowest BCUT2D eigenvalue weighted by atomic mass is 9.46. The number of carbonyl (C=O) groups excluding carboxylic acids is 2. The van der Waals surface area contributed by atoms with Gasteiger partial charge in [0.1, 0.15) is 11.9 Å². The molecular weight excluding hydrogens is 432 g/mol. The summed E-state index contributed by atoms with van der Waals surface area (Å²) in [7, 11) is 1.49. The fourth-order valence-electron chi connectivity index (χ4n) is 7.02. The average molecular weight is 475 g/mol. The van der Waals surface area contributed by atoms with Crippen LogP contribution in [0.3, 0.4) is 0 Å². The number of methoxy groups -OCH3 is 1. The van der Waals surface area contributed by atoms with Gasteiger partial charge in [0, 0.05) is 0 Å². The Morgan fingerprint density at radius 1 is 1.29 bits per heavy atom. The first-order valence-corrected chi connectivity index (χ1v) is 12.8. The number of ether oxygens (including phenoxy) is 2. The third-order valence-electron chi connectivity index (χ3n) is 8.83. The monoisotopic (exact) mass is 474 g/mol. The highest BCUT2D eigenvalue weighted by Gasteiger charge is 2.57. The Balaban J connectivity index is 1.80. The van der Waals surface area contributed by atoms with Gasteiger partial charge in [0.15, 0.2) is 0 Å². The molecule has 34 heavy (non-hydrogen) atoms. The minimum Gasteiger partial charge on any atom is -0.469 e. The minimum absolute atomic E-state index is 0.0318. The quantitative estimate of drug-likeness (QED) is 0.360. The van der Waals surface area contributed by atoms with E-state index in [0.29, 0.717) is 18.6 Å². The van der Waals surface area contributed by atoms with Crippen LogP contribution >= 0.6 is 0 Å². The molecule has 6 atom stereocenters. The van der Waals surface area contributed by atoms with Gasteiger partial charge in [-0.2, -0.15) is 0 Å². The molecule has 1 aromatic rings. The van der Waals surface area contributed by atoms with E-state index in [1.165, 1.54) is 12.7 Å². The van der Waals surface area contributed by atoms with E-state index in [1.807, 2.05) is 13.0 Å². The lowest BCUT2D eigenvalue weighted by molar-refractivity contribution is -0.168. The van der Waals surface area contributed by atoms with Crippen LogP contribution < -0.4 is 0 Å². The first-order valence-electron chi connectivity index (χ1n) is 12.8. The van der Waals surface area contributed by atoms with Crippen molar-refractivity contribution in [3.05, 3.63) is 35.8 Å². The Bertz CT molecular complexity index is 887. The van der Waals surface area contributed by atoms with E-state index in [9.17, 15) is 14.7 Å². The summed E-state index contributed by atoms with van der Waals surface area (Å²) < 4.78 is 16.1. The third kappa shape index (κ3) is 4.71. The first-order chi connectivity index (χ1) is 16.1. The van der Waals surface area contributed by atoms with Crippen LogP contribution in [0.25, 0.3) is 0 Å². The second-order valence-corrected chi connectivity index (χ2v) is 10.6. The molecule has 2 unspecified atom stereocenters. The summed E-state index contributed by atoms with van der Waals surface area (Å²) in [5.41, 5.74) is 1.67. The second kappa shape index (κ2) is 10.7. The predicted octanol–water partition coefficient (Wildman–Crippen LogP) is 5.79. The predicted molar refractivity (Wildman–Crippen MR) is 130 cm³/mol. The Morgan fingerprint density at radius 2 is 2.03 bits per heavy atom. The third-order valence-corrected chi connectivity index (χ3v) is 8.83. The molecule has 0 radical (unpaired) electrons. The maximum atomic E-state index is 12.8. The molecule has 0 amide bonds. The van der Waals surface area contributed by atoms with Crippen molar-refractivity contribution in [2.45, 2.75) is 85.2 Å². The molecule has 190 valence electrons. The number of aliphatic hydroxyl groups excluding tert-OH is 1. The van der Waals surface area contributed by atoms with Crippen molar-refractivity contribution >= 4 is 11.9 Å². The summed E-state index contributed by atoms with van der Waals surface area (Å²) in [4.78, 5) is 25.1. The molecule has 2 aliphatic rings. The number of aryl methyl sites for hydroxylation is 1. The smallest absolute Gasteiger partial charge is 0.312 e. The molecule has 0 aromatic carbocycles. The molecule has 0 spiro atoms. The molecular formula is C28H42O6. The van der Waals surface area contributed by atoms with E-state index in [0.717, 1.165) is 44.1 Å². The van der Waals surface area contributed by atoms with Gasteiger partial charge in [-0.25, -0.2) is 0 Å². The van der Waals surface area contributed by atoms with Crippen LogP contribution in [0.15, 0.2) is 28.9 Å². The van der Waals surface area contributed by atoms with Crippen LogP contribution in [-0.4, -0.2) is 30.8 Å². The standard InChI is InChI=1S/C28H42O6/c1-7-20(25(30)33-8-2)23(29)24-19(14-17-34-24)11-12-21-18(3)10-13-22-27(21,4)15-9-16-28(22,5)26(31)32-6/h14,17,20-23,29H,3,7-13,15-16H2,1-2,4-6H3/t20?,21-,22+,23?,27+,28-/m0/s1. The Morgan fingerprint density at radius 3 is 2.68 bits per heavy atom. The number of allylic oxidation sites excluding steroid dienone is 1. The molecule has 6 nitrogen and oxygen atoms in total. The fraction of sp³-hybridized carbons (Fsp3) is 0.714. The number of furan rings is 1. The molecule has 0 saturated heterocycles. The molecule has 0 bridgehead atoms. The summed E-state index contributed by atoms with van der Waals surface area (Å²) in [5, 5.41) is 11.0. The van der Waals surface area contributed by atoms with Gasteiger partial charge in [-0.3, -0.25) is 9.59 Å². The topological polar surface area (TPSA) is 86.0 Å². The zero-order valence-corrected chi connectivity index (χ0v) is 21.5. The number of esters is 2. The van der Waals surface area contributed by atoms with Crippen molar-refractivity contribution in [3.8, 4) is 0 Å². The number of hydrogen-bond acceptors (Lipinski definition) is 6. The summed E-state index contributed by atoms with van der Waals surface area (Å²) in [6, 6.07) is 1.89. The highest BCUT2D eigenvalue weighted by molar-refractivity contribution is 5.77. The Hall–Kier alpha value is -2.08. The molecule has 1 aromatic heterocycles. The molecule has 6 heteroatoms. The van der Waals surface area contributed by atoms with E-state index in [2.05, 4.69) is 20.4 Å². The highest BCUT2D eigenvalue weighted by atomic mass is 16.5. The summed E-state index contributed by atoms with van der Waals surface area (Å²) >= 11 is 0. The number of carbonyl (C=O) groups is 2. The van der Waals surface area contributed by atoms with Crippen molar-refractivity contribution in [1.29, 1.82) is 0 Å². The van der Waals surface area contributed by atoms with Crippen LogP contribution in [0.4, 0.5) is 0 Å². The molecule has 2 fully saturated rings. The molecule has 1 heterocycles. The lowest BCUT2D eigenvalue weighted by Crippen LogP contribution is -2.53. The van der Waals surface area contributed by atoms with Crippen molar-refractivity contribution in [2.75, 3.05) is 13.7 Å². The number of rotatable bonds is 9. The highest BCUT2D eigenvalue weighted by Crippen LogP contribution is 2.62. The van der Waals surface area contributed by atoms with Crippen LogP contribution in [0.2, 0.25) is 0 Å². The molecule has 1 N–H and O–H groups in total. The largest absolute Gasteiger partial charge is 0.469 e. The summed E-state index contributed by atoms with van der Waals surface area (Å²) in [5.74, 6) is -0.192. The normalized spacial score (nSPS) is 30.8. The zero-order valence-electron chi connectivity index (χ0n) is 21.5. The van der Waals surface area contributed by atoms with E-state index in [1.54, 1.807) is 13.2 Å². The van der Waals surface area contributed by atoms with Crippen molar-refractivity contribution in [2.24, 2.45) is 28.6 Å². The van der Waals surface area contributed by atoms with Gasteiger partial charge in [-0.05, 0) is 87.7 Å². The van der Waals surface area contributed by atoms with Crippen LogP contribution in [-0.2, 0) is 25.5 Å². The average Bonchev–Trinajstić information content (AvgIpc) is 3.27. The first kappa shape index (κ1) is 26.5. The van der Waals surface area contributed by atoms with Gasteiger partial charge in [-0.15, -0.1) is 0 Å². The summed E-state index contributed by atoms with van der Waals surface area (Å²) in [6.07, 6.45) is 7.39. The summed E-state index contributed by atoms with van der Waals surface area (Å²) in [6.45, 7) is 12.7. The van der Waals surface area contributed by atoms with E-state index >= 15 is 0 Å². The van der Waals surface area contributed by atoms with E-state index < -0.39 is 23.4 Å². The van der Waals surface area contributed by atoms with Gasteiger partial charge in [-0.1, -0.05) is 32.4 Å². The second-order valence-electron chi connectivity index (χ2n) is 10.6. The molecule has 2 aliphatic carbocycles. The van der Waals surface area contributed by atoms with Gasteiger partial charge in [0.2, 0.25) is 0 Å². The number of aliphatic hydroxyl groups is 1. The van der Waals surface area contributed by atoms with Gasteiger partial charge in [0.25, 0.3) is 0 Å². The Labute approximate surface area is 204 Å². The minimum atomic E-state index is -1.04. The van der Waals surface area contributed by atoms with Crippen LogP contribution in [0, 0.1) is 28.6 Å².